The maximum atomic E-state index is 11.1. The Bertz CT molecular complexity index is 228. The predicted molar refractivity (Wildman–Crippen MR) is 62.2 cm³/mol. The van der Waals surface area contributed by atoms with E-state index in [-0.39, 0.29) is 17.5 Å². The van der Waals surface area contributed by atoms with Gasteiger partial charge in [0.2, 0.25) is 0 Å². The van der Waals surface area contributed by atoms with Crippen molar-refractivity contribution in [2.24, 2.45) is 0 Å². The molecule has 3 nitrogen and oxygen atoms in total. The highest BCUT2D eigenvalue weighted by Gasteiger charge is 2.14. The molecule has 0 radical (unpaired) electrons. The molecule has 0 spiro atoms. The maximum absolute atomic E-state index is 11.1. The van der Waals surface area contributed by atoms with Gasteiger partial charge in [-0.25, -0.2) is 4.79 Å². The molecule has 0 aromatic heterocycles. The largest absolute Gasteiger partial charge is 0.450 e. The molecule has 1 aliphatic carbocycles. The molecule has 2 unspecified atom stereocenters. The van der Waals surface area contributed by atoms with E-state index in [4.69, 9.17) is 9.47 Å². The van der Waals surface area contributed by atoms with Crippen molar-refractivity contribution in [2.45, 2.75) is 37.9 Å². The number of hydrogen-bond acceptors (Lipinski definition) is 4. The monoisotopic (exact) mass is 230 g/mol. The van der Waals surface area contributed by atoms with Crippen LogP contribution >= 0.6 is 11.8 Å². The Morgan fingerprint density at radius 1 is 1.27 bits per heavy atom. The van der Waals surface area contributed by atoms with Gasteiger partial charge in [-0.15, -0.1) is 0 Å². The van der Waals surface area contributed by atoms with Crippen LogP contribution in [0.5, 0.6) is 0 Å². The fourth-order valence-electron chi connectivity index (χ4n) is 1.60. The van der Waals surface area contributed by atoms with E-state index in [1.54, 1.807) is 13.4 Å². The van der Waals surface area contributed by atoms with Crippen LogP contribution in [0.25, 0.3) is 0 Å². The highest BCUT2D eigenvalue weighted by atomic mass is 32.2. The van der Waals surface area contributed by atoms with Crippen LogP contribution < -0.4 is 0 Å². The molecule has 0 saturated carbocycles. The van der Waals surface area contributed by atoms with Gasteiger partial charge in [0.15, 0.2) is 0 Å². The van der Waals surface area contributed by atoms with E-state index in [9.17, 15) is 4.79 Å². The molecule has 1 aliphatic rings. The molecule has 0 bridgehead atoms. The highest BCUT2D eigenvalue weighted by molar-refractivity contribution is 8.12. The van der Waals surface area contributed by atoms with Gasteiger partial charge in [-0.2, -0.15) is 0 Å². The van der Waals surface area contributed by atoms with E-state index in [2.05, 4.69) is 0 Å². The summed E-state index contributed by atoms with van der Waals surface area (Å²) in [6.45, 7) is 0. The topological polar surface area (TPSA) is 35.5 Å². The number of rotatable bonds is 2. The molecule has 4 heteroatoms. The number of thioether (sulfide) groups is 1. The number of carbonyl (C=O) groups excluding carboxylic acids is 1. The number of carbonyl (C=O) groups is 1. The summed E-state index contributed by atoms with van der Waals surface area (Å²) in [5.41, 5.74) is 0. The van der Waals surface area contributed by atoms with Crippen molar-refractivity contribution in [3.05, 3.63) is 12.2 Å². The summed E-state index contributed by atoms with van der Waals surface area (Å²) in [4.78, 5) is 11.1. The van der Waals surface area contributed by atoms with Gasteiger partial charge in [0.1, 0.15) is 6.10 Å². The molecule has 1 rings (SSSR count). The van der Waals surface area contributed by atoms with Crippen molar-refractivity contribution in [1.82, 2.24) is 0 Å². The lowest BCUT2D eigenvalue weighted by Crippen LogP contribution is -2.17. The molecule has 0 aromatic rings. The van der Waals surface area contributed by atoms with E-state index in [0.29, 0.717) is 0 Å². The summed E-state index contributed by atoms with van der Waals surface area (Å²) in [5, 5.41) is -0.209. The van der Waals surface area contributed by atoms with E-state index in [1.807, 2.05) is 12.2 Å². The summed E-state index contributed by atoms with van der Waals surface area (Å²) in [7, 11) is 1.71. The molecule has 15 heavy (non-hydrogen) atoms. The van der Waals surface area contributed by atoms with Crippen LogP contribution in [0.4, 0.5) is 4.79 Å². The first kappa shape index (κ1) is 12.6. The SMILES string of the molecule is COC1/C=C/C(OC(=O)SC)CCCC1. The van der Waals surface area contributed by atoms with E-state index >= 15 is 0 Å². The van der Waals surface area contributed by atoms with Crippen LogP contribution in [0.2, 0.25) is 0 Å². The van der Waals surface area contributed by atoms with Gasteiger partial charge in [0.05, 0.1) is 6.10 Å². The fraction of sp³-hybridized carbons (Fsp3) is 0.727. The van der Waals surface area contributed by atoms with Crippen molar-refractivity contribution in [2.75, 3.05) is 13.4 Å². The van der Waals surface area contributed by atoms with Crippen LogP contribution in [0, 0.1) is 0 Å². The van der Waals surface area contributed by atoms with Crippen LogP contribution in [0.15, 0.2) is 12.2 Å². The van der Waals surface area contributed by atoms with Crippen molar-refractivity contribution in [1.29, 1.82) is 0 Å². The Hall–Kier alpha value is -0.480. The molecule has 0 saturated heterocycles. The minimum absolute atomic E-state index is 0.0806. The molecule has 2 atom stereocenters. The van der Waals surface area contributed by atoms with Gasteiger partial charge >= 0.3 is 5.30 Å². The van der Waals surface area contributed by atoms with Crippen LogP contribution in [-0.2, 0) is 9.47 Å². The van der Waals surface area contributed by atoms with E-state index in [0.717, 1.165) is 37.4 Å². The normalized spacial score (nSPS) is 28.9. The highest BCUT2D eigenvalue weighted by Crippen LogP contribution is 2.17. The number of ether oxygens (including phenoxy) is 2. The Labute approximate surface area is 95.2 Å². The molecule has 0 N–H and O–H groups in total. The van der Waals surface area contributed by atoms with E-state index in [1.165, 1.54) is 0 Å². The molecular formula is C11H18O3S. The summed E-state index contributed by atoms with van der Waals surface area (Å²) in [6.07, 6.45) is 9.93. The molecule has 0 aliphatic heterocycles. The lowest BCUT2D eigenvalue weighted by molar-refractivity contribution is 0.114. The Kier molecular flexibility index (Phi) is 5.79. The first-order valence-electron chi connectivity index (χ1n) is 5.22. The standard InChI is InChI=1S/C11H18O3S/c1-13-9-5-3-4-6-10(8-7-9)14-11(12)15-2/h7-10H,3-6H2,1-2H3/b8-7+. The summed E-state index contributed by atoms with van der Waals surface area (Å²) in [5.74, 6) is 0. The average Bonchev–Trinajstić information content (AvgIpc) is 2.22. The van der Waals surface area contributed by atoms with Gasteiger partial charge in [0, 0.05) is 7.11 Å². The minimum atomic E-state index is -0.209. The third-order valence-corrected chi connectivity index (χ3v) is 2.91. The molecule has 0 fully saturated rings. The first-order chi connectivity index (χ1) is 7.26. The van der Waals surface area contributed by atoms with Crippen LogP contribution in [0.1, 0.15) is 25.7 Å². The van der Waals surface area contributed by atoms with Gasteiger partial charge in [0.25, 0.3) is 0 Å². The maximum Gasteiger partial charge on any atom is 0.367 e. The number of hydrogen-bond donors (Lipinski definition) is 0. The molecule has 0 amide bonds. The summed E-state index contributed by atoms with van der Waals surface area (Å²) < 4.78 is 10.5. The van der Waals surface area contributed by atoms with Crippen molar-refractivity contribution in [3.63, 3.8) is 0 Å². The van der Waals surface area contributed by atoms with Crippen molar-refractivity contribution in [3.8, 4) is 0 Å². The van der Waals surface area contributed by atoms with Gasteiger partial charge < -0.3 is 9.47 Å². The zero-order valence-electron chi connectivity index (χ0n) is 9.27. The molecular weight excluding hydrogens is 212 g/mol. The van der Waals surface area contributed by atoms with Crippen LogP contribution in [-0.4, -0.2) is 30.9 Å². The van der Waals surface area contributed by atoms with E-state index < -0.39 is 0 Å². The second-order valence-corrected chi connectivity index (χ2v) is 4.30. The third-order valence-electron chi connectivity index (χ3n) is 2.48. The van der Waals surface area contributed by atoms with Gasteiger partial charge in [-0.3, -0.25) is 0 Å². The second kappa shape index (κ2) is 6.90. The van der Waals surface area contributed by atoms with Crippen molar-refractivity contribution < 1.29 is 14.3 Å². The summed E-state index contributed by atoms with van der Waals surface area (Å²) in [6, 6.07) is 0. The fourth-order valence-corrected chi connectivity index (χ4v) is 1.82. The summed E-state index contributed by atoms with van der Waals surface area (Å²) >= 11 is 1.11. The zero-order valence-corrected chi connectivity index (χ0v) is 10.1. The minimum Gasteiger partial charge on any atom is -0.450 e. The molecule has 0 heterocycles. The third kappa shape index (κ3) is 4.71. The van der Waals surface area contributed by atoms with Gasteiger partial charge in [-0.1, -0.05) is 12.5 Å². The smallest absolute Gasteiger partial charge is 0.367 e. The lowest BCUT2D eigenvalue weighted by Gasteiger charge is -2.18. The van der Waals surface area contributed by atoms with Crippen molar-refractivity contribution >= 4 is 17.1 Å². The Morgan fingerprint density at radius 2 is 1.87 bits per heavy atom. The Morgan fingerprint density at radius 3 is 2.47 bits per heavy atom. The average molecular weight is 230 g/mol. The molecule has 0 aromatic carbocycles. The molecule has 86 valence electrons. The number of methoxy groups -OCH3 is 1. The predicted octanol–water partition coefficient (Wildman–Crippen LogP) is 3.00. The second-order valence-electron chi connectivity index (χ2n) is 3.55. The zero-order chi connectivity index (χ0) is 11.1. The quantitative estimate of drug-likeness (QED) is 0.539. The Balaban J connectivity index is 2.48. The van der Waals surface area contributed by atoms with Crippen LogP contribution in [0.3, 0.4) is 0 Å². The first-order valence-corrected chi connectivity index (χ1v) is 6.44. The lowest BCUT2D eigenvalue weighted by atomic mass is 10.0. The van der Waals surface area contributed by atoms with Gasteiger partial charge in [-0.05, 0) is 43.4 Å².